The van der Waals surface area contributed by atoms with Crippen LogP contribution >= 0.6 is 0 Å². The van der Waals surface area contributed by atoms with Crippen LogP contribution in [0.3, 0.4) is 0 Å². The van der Waals surface area contributed by atoms with Gasteiger partial charge < -0.3 is 19.9 Å². The van der Waals surface area contributed by atoms with Crippen LogP contribution in [0.25, 0.3) is 0 Å². The van der Waals surface area contributed by atoms with Crippen molar-refractivity contribution in [1.82, 2.24) is 4.90 Å². The number of benzene rings is 1. The van der Waals surface area contributed by atoms with E-state index in [1.54, 1.807) is 4.90 Å². The Hall–Kier alpha value is -2.24. The zero-order chi connectivity index (χ0) is 15.2. The van der Waals surface area contributed by atoms with Crippen molar-refractivity contribution in [3.05, 3.63) is 24.3 Å². The van der Waals surface area contributed by atoms with Gasteiger partial charge in [-0.05, 0) is 31.2 Å². The molecule has 2 rings (SSSR count). The second-order valence-electron chi connectivity index (χ2n) is 4.90. The SMILES string of the molecule is CCOC(=O)N1CCN(c2ccc(NC(C)=O)cc2)CC1. The third-order valence-electron chi connectivity index (χ3n) is 3.36. The zero-order valence-corrected chi connectivity index (χ0v) is 12.5. The van der Waals surface area contributed by atoms with Crippen molar-refractivity contribution in [3.8, 4) is 0 Å². The van der Waals surface area contributed by atoms with Crippen molar-refractivity contribution in [2.75, 3.05) is 43.0 Å². The van der Waals surface area contributed by atoms with Crippen LogP contribution in [0.1, 0.15) is 13.8 Å². The van der Waals surface area contributed by atoms with Gasteiger partial charge in [0.2, 0.25) is 5.91 Å². The molecule has 1 aliphatic rings. The molecular weight excluding hydrogens is 270 g/mol. The van der Waals surface area contributed by atoms with Gasteiger partial charge in [0.05, 0.1) is 6.61 Å². The first-order valence-electron chi connectivity index (χ1n) is 7.14. The van der Waals surface area contributed by atoms with E-state index in [2.05, 4.69) is 10.2 Å². The average Bonchev–Trinajstić information content (AvgIpc) is 2.48. The van der Waals surface area contributed by atoms with E-state index in [1.807, 2.05) is 31.2 Å². The molecule has 21 heavy (non-hydrogen) atoms. The molecule has 0 atom stereocenters. The summed E-state index contributed by atoms with van der Waals surface area (Å²) in [6, 6.07) is 7.72. The number of piperazine rings is 1. The fourth-order valence-corrected chi connectivity index (χ4v) is 2.32. The number of nitrogens with one attached hydrogen (secondary N) is 1. The number of hydrogen-bond donors (Lipinski definition) is 1. The molecule has 1 fully saturated rings. The minimum absolute atomic E-state index is 0.0780. The van der Waals surface area contributed by atoms with Crippen LogP contribution in [0, 0.1) is 0 Å². The van der Waals surface area contributed by atoms with E-state index in [0.717, 1.165) is 24.5 Å². The lowest BCUT2D eigenvalue weighted by Gasteiger charge is -2.35. The zero-order valence-electron chi connectivity index (χ0n) is 12.5. The monoisotopic (exact) mass is 291 g/mol. The number of carbonyl (C=O) groups is 2. The topological polar surface area (TPSA) is 61.9 Å². The first-order chi connectivity index (χ1) is 10.1. The number of carbonyl (C=O) groups excluding carboxylic acids is 2. The average molecular weight is 291 g/mol. The van der Waals surface area contributed by atoms with E-state index in [4.69, 9.17) is 4.74 Å². The standard InChI is InChI=1S/C15H21N3O3/c1-3-21-15(20)18-10-8-17(9-11-18)14-6-4-13(5-7-14)16-12(2)19/h4-7H,3,8-11H2,1-2H3,(H,16,19). The maximum atomic E-state index is 11.6. The Balaban J connectivity index is 1.90. The first kappa shape index (κ1) is 15.2. The molecule has 0 aliphatic carbocycles. The summed E-state index contributed by atoms with van der Waals surface area (Å²) < 4.78 is 5.00. The highest BCUT2D eigenvalue weighted by molar-refractivity contribution is 5.88. The van der Waals surface area contributed by atoms with Gasteiger partial charge in [-0.3, -0.25) is 4.79 Å². The lowest BCUT2D eigenvalue weighted by Crippen LogP contribution is -2.49. The van der Waals surface area contributed by atoms with Crippen LogP contribution in [-0.2, 0) is 9.53 Å². The van der Waals surface area contributed by atoms with E-state index in [0.29, 0.717) is 19.7 Å². The van der Waals surface area contributed by atoms with Gasteiger partial charge in [-0.1, -0.05) is 0 Å². The fourth-order valence-electron chi connectivity index (χ4n) is 2.32. The van der Waals surface area contributed by atoms with Crippen LogP contribution in [0.15, 0.2) is 24.3 Å². The molecule has 0 saturated carbocycles. The van der Waals surface area contributed by atoms with Crippen molar-refractivity contribution in [2.24, 2.45) is 0 Å². The summed E-state index contributed by atoms with van der Waals surface area (Å²) in [5.74, 6) is -0.0780. The smallest absolute Gasteiger partial charge is 0.409 e. The Labute approximate surface area is 124 Å². The molecule has 0 radical (unpaired) electrons. The van der Waals surface area contributed by atoms with E-state index in [-0.39, 0.29) is 12.0 Å². The van der Waals surface area contributed by atoms with Gasteiger partial charge in [0, 0.05) is 44.5 Å². The molecule has 6 nitrogen and oxygen atoms in total. The second-order valence-corrected chi connectivity index (χ2v) is 4.90. The summed E-state index contributed by atoms with van der Waals surface area (Å²) >= 11 is 0. The van der Waals surface area contributed by atoms with E-state index in [9.17, 15) is 9.59 Å². The second kappa shape index (κ2) is 6.97. The molecule has 1 aliphatic heterocycles. The van der Waals surface area contributed by atoms with Gasteiger partial charge in [-0.25, -0.2) is 4.79 Å². The molecular formula is C15H21N3O3. The van der Waals surface area contributed by atoms with Crippen molar-refractivity contribution < 1.29 is 14.3 Å². The maximum Gasteiger partial charge on any atom is 0.409 e. The van der Waals surface area contributed by atoms with Crippen LogP contribution in [0.2, 0.25) is 0 Å². The van der Waals surface area contributed by atoms with E-state index < -0.39 is 0 Å². The number of ether oxygens (including phenoxy) is 1. The minimum atomic E-state index is -0.238. The number of nitrogens with zero attached hydrogens (tertiary/aromatic N) is 2. The van der Waals surface area contributed by atoms with Gasteiger partial charge >= 0.3 is 6.09 Å². The Morgan fingerprint density at radius 1 is 1.14 bits per heavy atom. The van der Waals surface area contributed by atoms with Gasteiger partial charge in [0.15, 0.2) is 0 Å². The predicted octanol–water partition coefficient (Wildman–Crippen LogP) is 1.92. The summed E-state index contributed by atoms with van der Waals surface area (Å²) in [4.78, 5) is 26.6. The van der Waals surface area contributed by atoms with Crippen molar-refractivity contribution in [2.45, 2.75) is 13.8 Å². The molecule has 1 N–H and O–H groups in total. The molecule has 6 heteroatoms. The Morgan fingerprint density at radius 2 is 1.76 bits per heavy atom. The molecule has 114 valence electrons. The van der Waals surface area contributed by atoms with Gasteiger partial charge in [0.1, 0.15) is 0 Å². The van der Waals surface area contributed by atoms with E-state index >= 15 is 0 Å². The van der Waals surface area contributed by atoms with Crippen molar-refractivity contribution in [3.63, 3.8) is 0 Å². The molecule has 1 aromatic rings. The summed E-state index contributed by atoms with van der Waals surface area (Å²) in [6.45, 7) is 6.58. The highest BCUT2D eigenvalue weighted by atomic mass is 16.6. The molecule has 2 amide bonds. The van der Waals surface area contributed by atoms with Gasteiger partial charge in [-0.15, -0.1) is 0 Å². The summed E-state index contributed by atoms with van der Waals surface area (Å²) in [7, 11) is 0. The van der Waals surface area contributed by atoms with Crippen molar-refractivity contribution >= 4 is 23.4 Å². The highest BCUT2D eigenvalue weighted by Gasteiger charge is 2.21. The molecule has 1 heterocycles. The third-order valence-corrected chi connectivity index (χ3v) is 3.36. The van der Waals surface area contributed by atoms with Crippen molar-refractivity contribution in [1.29, 1.82) is 0 Å². The maximum absolute atomic E-state index is 11.6. The Kier molecular flexibility index (Phi) is 5.03. The summed E-state index contributed by atoms with van der Waals surface area (Å²) in [5.41, 5.74) is 1.88. The highest BCUT2D eigenvalue weighted by Crippen LogP contribution is 2.19. The number of rotatable bonds is 3. The largest absolute Gasteiger partial charge is 0.450 e. The Bertz CT molecular complexity index is 493. The van der Waals surface area contributed by atoms with Crippen LogP contribution in [0.5, 0.6) is 0 Å². The van der Waals surface area contributed by atoms with Gasteiger partial charge in [-0.2, -0.15) is 0 Å². The van der Waals surface area contributed by atoms with Crippen LogP contribution < -0.4 is 10.2 Å². The molecule has 0 bridgehead atoms. The molecule has 1 saturated heterocycles. The molecule has 0 unspecified atom stereocenters. The summed E-state index contributed by atoms with van der Waals surface area (Å²) in [6.07, 6.45) is -0.238. The lowest BCUT2D eigenvalue weighted by molar-refractivity contribution is -0.114. The predicted molar refractivity (Wildman–Crippen MR) is 81.6 cm³/mol. The lowest BCUT2D eigenvalue weighted by atomic mass is 10.2. The fraction of sp³-hybridized carbons (Fsp3) is 0.467. The van der Waals surface area contributed by atoms with E-state index in [1.165, 1.54) is 6.92 Å². The van der Waals surface area contributed by atoms with Crippen LogP contribution in [-0.4, -0.2) is 49.7 Å². The number of amides is 2. The molecule has 0 aromatic heterocycles. The number of hydrogen-bond acceptors (Lipinski definition) is 4. The number of anilines is 2. The van der Waals surface area contributed by atoms with Crippen LogP contribution in [0.4, 0.5) is 16.2 Å². The quantitative estimate of drug-likeness (QED) is 0.924. The molecule has 0 spiro atoms. The normalized spacial score (nSPS) is 14.8. The Morgan fingerprint density at radius 3 is 2.29 bits per heavy atom. The molecule has 1 aromatic carbocycles. The summed E-state index contributed by atoms with van der Waals surface area (Å²) in [5, 5.41) is 2.74. The van der Waals surface area contributed by atoms with Gasteiger partial charge in [0.25, 0.3) is 0 Å². The first-order valence-corrected chi connectivity index (χ1v) is 7.14. The third kappa shape index (κ3) is 4.11. The minimum Gasteiger partial charge on any atom is -0.450 e.